The van der Waals surface area contributed by atoms with Crippen molar-refractivity contribution >= 4 is 6.09 Å². The van der Waals surface area contributed by atoms with E-state index in [-0.39, 0.29) is 18.2 Å². The third-order valence-corrected chi connectivity index (χ3v) is 3.24. The number of carbonyl (C=O) groups excluding carboxylic acids is 1. The first-order chi connectivity index (χ1) is 10.7. The zero-order chi connectivity index (χ0) is 17.9. The molecule has 0 aromatic rings. The smallest absolute Gasteiger partial charge is 0.407 e. The van der Waals surface area contributed by atoms with Gasteiger partial charge in [0.05, 0.1) is 6.61 Å². The van der Waals surface area contributed by atoms with Gasteiger partial charge in [-0.1, -0.05) is 13.8 Å². The summed E-state index contributed by atoms with van der Waals surface area (Å²) in [7, 11) is 1.70. The van der Waals surface area contributed by atoms with Gasteiger partial charge in [-0.05, 0) is 52.5 Å². The molecule has 0 aromatic carbocycles. The van der Waals surface area contributed by atoms with E-state index in [0.717, 1.165) is 19.3 Å². The second kappa shape index (κ2) is 11.6. The van der Waals surface area contributed by atoms with Crippen molar-refractivity contribution < 1.29 is 14.3 Å². The van der Waals surface area contributed by atoms with Crippen LogP contribution in [0.15, 0.2) is 0 Å². The highest BCUT2D eigenvalue weighted by atomic mass is 16.6. The number of rotatable bonds is 11. The maximum Gasteiger partial charge on any atom is 0.407 e. The average Bonchev–Trinajstić information content (AvgIpc) is 2.40. The van der Waals surface area contributed by atoms with Crippen molar-refractivity contribution in [3.63, 3.8) is 0 Å². The summed E-state index contributed by atoms with van der Waals surface area (Å²) < 4.78 is 10.6. The lowest BCUT2D eigenvalue weighted by Gasteiger charge is -2.27. The van der Waals surface area contributed by atoms with Gasteiger partial charge >= 0.3 is 6.09 Å². The SMILES string of the molecule is COCC(CCCN)NC(CNC(=O)OC(C)(C)C)CC(C)C. The molecule has 0 rings (SSSR count). The number of ether oxygens (including phenoxy) is 2. The van der Waals surface area contributed by atoms with Crippen LogP contribution in [0, 0.1) is 5.92 Å². The van der Waals surface area contributed by atoms with E-state index in [1.807, 2.05) is 20.8 Å². The van der Waals surface area contributed by atoms with Gasteiger partial charge in [-0.15, -0.1) is 0 Å². The summed E-state index contributed by atoms with van der Waals surface area (Å²) in [5, 5.41) is 6.45. The maximum absolute atomic E-state index is 11.8. The first-order valence-corrected chi connectivity index (χ1v) is 8.59. The zero-order valence-electron chi connectivity index (χ0n) is 15.8. The number of hydrogen-bond acceptors (Lipinski definition) is 5. The predicted octanol–water partition coefficient (Wildman–Crippen LogP) is 2.27. The van der Waals surface area contributed by atoms with Crippen LogP contribution in [0.2, 0.25) is 0 Å². The summed E-state index contributed by atoms with van der Waals surface area (Å²) in [6.45, 7) is 11.8. The van der Waals surface area contributed by atoms with Gasteiger partial charge in [0.25, 0.3) is 0 Å². The zero-order valence-corrected chi connectivity index (χ0v) is 15.8. The fraction of sp³-hybridized carbons (Fsp3) is 0.941. The lowest BCUT2D eigenvalue weighted by molar-refractivity contribution is 0.0518. The lowest BCUT2D eigenvalue weighted by atomic mass is 10.0. The number of nitrogens with one attached hydrogen (secondary N) is 2. The van der Waals surface area contributed by atoms with E-state index in [2.05, 4.69) is 24.5 Å². The van der Waals surface area contributed by atoms with E-state index >= 15 is 0 Å². The Labute approximate surface area is 141 Å². The van der Waals surface area contributed by atoms with Crippen LogP contribution in [0.4, 0.5) is 4.79 Å². The van der Waals surface area contributed by atoms with Gasteiger partial charge in [-0.2, -0.15) is 0 Å². The Morgan fingerprint density at radius 3 is 2.35 bits per heavy atom. The summed E-state index contributed by atoms with van der Waals surface area (Å²) in [5.74, 6) is 0.533. The highest BCUT2D eigenvalue weighted by Crippen LogP contribution is 2.09. The maximum atomic E-state index is 11.8. The average molecular weight is 332 g/mol. The molecule has 23 heavy (non-hydrogen) atoms. The van der Waals surface area contributed by atoms with Crippen molar-refractivity contribution in [2.24, 2.45) is 11.7 Å². The van der Waals surface area contributed by atoms with E-state index in [9.17, 15) is 4.79 Å². The van der Waals surface area contributed by atoms with Crippen molar-refractivity contribution in [1.82, 2.24) is 10.6 Å². The minimum Gasteiger partial charge on any atom is -0.444 e. The summed E-state index contributed by atoms with van der Waals surface area (Å²) in [4.78, 5) is 11.8. The Bertz CT molecular complexity index is 317. The lowest BCUT2D eigenvalue weighted by Crippen LogP contribution is -2.48. The summed E-state index contributed by atoms with van der Waals surface area (Å²) in [6.07, 6.45) is 2.51. The molecule has 0 spiro atoms. The molecule has 0 aliphatic carbocycles. The molecule has 2 atom stereocenters. The molecular formula is C17H37N3O3. The van der Waals surface area contributed by atoms with Gasteiger partial charge in [0.2, 0.25) is 0 Å². The number of methoxy groups -OCH3 is 1. The topological polar surface area (TPSA) is 85.6 Å². The third-order valence-electron chi connectivity index (χ3n) is 3.24. The molecule has 0 fully saturated rings. The molecule has 0 aliphatic rings. The molecule has 1 amide bonds. The Balaban J connectivity index is 4.50. The van der Waals surface area contributed by atoms with E-state index < -0.39 is 5.60 Å². The molecule has 0 radical (unpaired) electrons. The Kier molecular flexibility index (Phi) is 11.2. The molecule has 6 nitrogen and oxygen atoms in total. The fourth-order valence-corrected chi connectivity index (χ4v) is 2.41. The van der Waals surface area contributed by atoms with E-state index in [4.69, 9.17) is 15.2 Å². The van der Waals surface area contributed by atoms with Crippen molar-refractivity contribution in [1.29, 1.82) is 0 Å². The molecule has 0 aromatic heterocycles. The Morgan fingerprint density at radius 1 is 1.22 bits per heavy atom. The molecule has 0 bridgehead atoms. The Morgan fingerprint density at radius 2 is 1.87 bits per heavy atom. The van der Waals surface area contributed by atoms with E-state index in [1.54, 1.807) is 7.11 Å². The fourth-order valence-electron chi connectivity index (χ4n) is 2.41. The molecular weight excluding hydrogens is 294 g/mol. The molecule has 4 N–H and O–H groups in total. The van der Waals surface area contributed by atoms with Crippen LogP contribution in [0.5, 0.6) is 0 Å². The van der Waals surface area contributed by atoms with Crippen LogP contribution in [0.3, 0.4) is 0 Å². The van der Waals surface area contributed by atoms with Crippen molar-refractivity contribution in [2.45, 2.75) is 71.6 Å². The van der Waals surface area contributed by atoms with E-state index in [1.165, 1.54) is 0 Å². The number of alkyl carbamates (subject to hydrolysis) is 1. The minimum atomic E-state index is -0.481. The van der Waals surface area contributed by atoms with Crippen LogP contribution in [-0.4, -0.2) is 50.6 Å². The standard InChI is InChI=1S/C17H37N3O3/c1-13(2)10-15(11-19-16(21)23-17(3,4)5)20-14(12-22-6)8-7-9-18/h13-15,20H,7-12,18H2,1-6H3,(H,19,21). The van der Waals surface area contributed by atoms with Gasteiger partial charge in [0.15, 0.2) is 0 Å². The summed E-state index contributed by atoms with van der Waals surface area (Å²) in [6, 6.07) is 0.424. The van der Waals surface area contributed by atoms with Gasteiger partial charge < -0.3 is 25.8 Å². The minimum absolute atomic E-state index is 0.181. The van der Waals surface area contributed by atoms with Crippen LogP contribution < -0.4 is 16.4 Å². The molecule has 0 saturated carbocycles. The summed E-state index contributed by atoms with van der Waals surface area (Å²) in [5.41, 5.74) is 5.12. The van der Waals surface area contributed by atoms with E-state index in [0.29, 0.717) is 25.6 Å². The third kappa shape index (κ3) is 13.3. The molecule has 6 heteroatoms. The first kappa shape index (κ1) is 22.1. The monoisotopic (exact) mass is 331 g/mol. The highest BCUT2D eigenvalue weighted by molar-refractivity contribution is 5.67. The summed E-state index contributed by atoms with van der Waals surface area (Å²) >= 11 is 0. The number of carbonyl (C=O) groups is 1. The van der Waals surface area contributed by atoms with Crippen LogP contribution in [0.25, 0.3) is 0 Å². The number of amides is 1. The number of hydrogen-bond donors (Lipinski definition) is 3. The molecule has 0 heterocycles. The van der Waals surface area contributed by atoms with Gasteiger partial charge in [0.1, 0.15) is 5.60 Å². The Hall–Kier alpha value is -0.850. The van der Waals surface area contributed by atoms with Crippen LogP contribution in [0.1, 0.15) is 53.9 Å². The van der Waals surface area contributed by atoms with Crippen LogP contribution >= 0.6 is 0 Å². The number of nitrogens with two attached hydrogens (primary N) is 1. The first-order valence-electron chi connectivity index (χ1n) is 8.59. The highest BCUT2D eigenvalue weighted by Gasteiger charge is 2.20. The molecule has 138 valence electrons. The molecule has 0 aliphatic heterocycles. The second-order valence-corrected chi connectivity index (χ2v) is 7.46. The van der Waals surface area contributed by atoms with Gasteiger partial charge in [-0.25, -0.2) is 4.79 Å². The van der Waals surface area contributed by atoms with Crippen molar-refractivity contribution in [3.05, 3.63) is 0 Å². The van der Waals surface area contributed by atoms with Crippen LogP contribution in [-0.2, 0) is 9.47 Å². The van der Waals surface area contributed by atoms with Crippen molar-refractivity contribution in [3.8, 4) is 0 Å². The predicted molar refractivity (Wildman–Crippen MR) is 94.6 cm³/mol. The molecule has 0 saturated heterocycles. The van der Waals surface area contributed by atoms with Crippen molar-refractivity contribution in [2.75, 3.05) is 26.8 Å². The van der Waals surface area contributed by atoms with Gasteiger partial charge in [-0.3, -0.25) is 0 Å². The molecule has 2 unspecified atom stereocenters. The normalized spacial score (nSPS) is 14.6. The largest absolute Gasteiger partial charge is 0.444 e. The quantitative estimate of drug-likeness (QED) is 0.541. The van der Waals surface area contributed by atoms with Gasteiger partial charge in [0, 0.05) is 25.7 Å². The second-order valence-electron chi connectivity index (χ2n) is 7.46.